The molecule has 0 heterocycles. The first-order valence-corrected chi connectivity index (χ1v) is 6.53. The molecule has 0 bridgehead atoms. The lowest BCUT2D eigenvalue weighted by molar-refractivity contribution is -0.849. The highest BCUT2D eigenvalue weighted by Crippen LogP contribution is 2.01. The molecular weight excluding hydrogens is 238 g/mol. The average molecular weight is 257 g/mol. The molecule has 0 unspecified atom stereocenters. The number of hydrogen-bond acceptors (Lipinski definition) is 3. The molecule has 0 fully saturated rings. The van der Waals surface area contributed by atoms with Crippen molar-refractivity contribution in [3.8, 4) is 0 Å². The molecule has 0 aromatic heterocycles. The lowest BCUT2D eigenvalue weighted by Crippen LogP contribution is -2.27. The van der Waals surface area contributed by atoms with Crippen molar-refractivity contribution in [1.29, 1.82) is 0 Å². The van der Waals surface area contributed by atoms with E-state index in [-0.39, 0.29) is 0 Å². The van der Waals surface area contributed by atoms with E-state index in [0.717, 1.165) is 4.48 Å². The molecule has 0 atom stereocenters. The molecule has 0 N–H and O–H groups in total. The highest BCUT2D eigenvalue weighted by atomic mass is 32.2. The zero-order valence-electron chi connectivity index (χ0n) is 10.6. The molecule has 0 amide bonds. The van der Waals surface area contributed by atoms with Gasteiger partial charge < -0.3 is 9.04 Å². The lowest BCUT2D eigenvalue weighted by atomic mass is 10.2. The van der Waals surface area contributed by atoms with Crippen LogP contribution < -0.4 is 0 Å². The number of quaternary nitrogens is 1. The van der Waals surface area contributed by atoms with Crippen LogP contribution in [0.3, 0.4) is 0 Å². The van der Waals surface area contributed by atoms with Crippen molar-refractivity contribution >= 4 is 16.2 Å². The summed E-state index contributed by atoms with van der Waals surface area (Å²) < 4.78 is 31.5. The second-order valence-corrected chi connectivity index (χ2v) is 6.15. The van der Waals surface area contributed by atoms with E-state index in [4.69, 9.17) is 0 Å². The Morgan fingerprint density at radius 2 is 1.47 bits per heavy atom. The average Bonchev–Trinajstić information content (AvgIpc) is 2.13. The number of benzene rings is 1. The van der Waals surface area contributed by atoms with E-state index in [2.05, 4.69) is 28.2 Å². The molecule has 0 aliphatic rings. The van der Waals surface area contributed by atoms with Gasteiger partial charge in [-0.2, -0.15) is 0 Å². The smallest absolute Gasteiger partial charge is 0.117 e. The van der Waals surface area contributed by atoms with Crippen LogP contribution in [0.2, 0.25) is 0 Å². The topological polar surface area (TPSA) is 57.2 Å². The van der Waals surface area contributed by atoms with Crippen LogP contribution in [0.25, 0.3) is 6.08 Å². The van der Waals surface area contributed by atoms with Crippen LogP contribution >= 0.6 is 0 Å². The van der Waals surface area contributed by atoms with E-state index in [9.17, 15) is 13.0 Å². The molecule has 5 heteroatoms. The minimum absolute atomic E-state index is 0.641. The predicted octanol–water partition coefficient (Wildman–Crippen LogP) is 1.52. The zero-order valence-corrected chi connectivity index (χ0v) is 11.4. The van der Waals surface area contributed by atoms with Crippen LogP contribution in [0.15, 0.2) is 35.7 Å². The third kappa shape index (κ3) is 14.8. The maximum Gasteiger partial charge on any atom is 0.117 e. The SMILES string of the molecule is C[N+](C)(C)C.O=S(=O)([O-])C=Cc1ccccc1. The van der Waals surface area contributed by atoms with Gasteiger partial charge in [-0.3, -0.25) is 0 Å². The van der Waals surface area contributed by atoms with Crippen LogP contribution in [0.4, 0.5) is 0 Å². The normalized spacial score (nSPS) is 12.1. The molecule has 0 radical (unpaired) electrons. The Kier molecular flexibility index (Phi) is 6.09. The van der Waals surface area contributed by atoms with Gasteiger partial charge in [-0.25, -0.2) is 8.42 Å². The summed E-state index contributed by atoms with van der Waals surface area (Å²) in [4.78, 5) is 0. The van der Waals surface area contributed by atoms with Gasteiger partial charge in [0.2, 0.25) is 0 Å². The second kappa shape index (κ2) is 6.54. The van der Waals surface area contributed by atoms with E-state index >= 15 is 0 Å². The van der Waals surface area contributed by atoms with E-state index in [1.807, 2.05) is 6.07 Å². The van der Waals surface area contributed by atoms with Crippen LogP contribution in [0.5, 0.6) is 0 Å². The van der Waals surface area contributed by atoms with Crippen molar-refractivity contribution in [2.24, 2.45) is 0 Å². The maximum atomic E-state index is 10.2. The summed E-state index contributed by atoms with van der Waals surface area (Å²) in [5.74, 6) is 0. The summed E-state index contributed by atoms with van der Waals surface area (Å²) in [5, 5.41) is 0.641. The molecule has 1 aromatic rings. The van der Waals surface area contributed by atoms with Gasteiger partial charge in [0.1, 0.15) is 10.1 Å². The highest BCUT2D eigenvalue weighted by Gasteiger charge is 1.88. The Morgan fingerprint density at radius 1 is 1.06 bits per heavy atom. The molecule has 96 valence electrons. The van der Waals surface area contributed by atoms with E-state index in [0.29, 0.717) is 11.0 Å². The van der Waals surface area contributed by atoms with Crippen LogP contribution in [-0.2, 0) is 10.1 Å². The first-order chi connectivity index (χ1) is 7.58. The van der Waals surface area contributed by atoms with Gasteiger partial charge in [-0.05, 0) is 11.6 Å². The van der Waals surface area contributed by atoms with Gasteiger partial charge in [0.05, 0.1) is 28.2 Å². The Bertz CT molecular complexity index is 438. The molecule has 0 aliphatic heterocycles. The summed E-state index contributed by atoms with van der Waals surface area (Å²) in [6.45, 7) is 0. The number of hydrogen-bond donors (Lipinski definition) is 0. The Hall–Kier alpha value is -1.17. The van der Waals surface area contributed by atoms with E-state index in [1.54, 1.807) is 24.3 Å². The molecule has 17 heavy (non-hydrogen) atoms. The summed E-state index contributed by atoms with van der Waals surface area (Å²) in [5.41, 5.74) is 0.692. The molecule has 0 spiro atoms. The van der Waals surface area contributed by atoms with Crippen LogP contribution in [0.1, 0.15) is 5.56 Å². The van der Waals surface area contributed by atoms with Crippen molar-refractivity contribution in [2.45, 2.75) is 0 Å². The summed E-state index contributed by atoms with van der Waals surface area (Å²) in [6, 6.07) is 8.75. The van der Waals surface area contributed by atoms with Crippen molar-refractivity contribution in [1.82, 2.24) is 0 Å². The second-order valence-electron chi connectivity index (χ2n) is 4.89. The molecule has 0 saturated carbocycles. The fraction of sp³-hybridized carbons (Fsp3) is 0.333. The minimum atomic E-state index is -4.25. The molecule has 0 aliphatic carbocycles. The predicted molar refractivity (Wildman–Crippen MR) is 69.1 cm³/mol. The highest BCUT2D eigenvalue weighted by molar-refractivity contribution is 7.88. The van der Waals surface area contributed by atoms with Gasteiger partial charge in [0.25, 0.3) is 0 Å². The first kappa shape index (κ1) is 15.8. The van der Waals surface area contributed by atoms with E-state index in [1.165, 1.54) is 6.08 Å². The molecular formula is C12H19NO3S. The maximum absolute atomic E-state index is 10.2. The van der Waals surface area contributed by atoms with Gasteiger partial charge >= 0.3 is 0 Å². The largest absolute Gasteiger partial charge is 0.744 e. The van der Waals surface area contributed by atoms with Gasteiger partial charge in [0.15, 0.2) is 0 Å². The van der Waals surface area contributed by atoms with Crippen LogP contribution in [0, 0.1) is 0 Å². The van der Waals surface area contributed by atoms with Crippen LogP contribution in [-0.4, -0.2) is 45.6 Å². The Labute approximate surface area is 104 Å². The zero-order chi connectivity index (χ0) is 13.5. The molecule has 1 rings (SSSR count). The minimum Gasteiger partial charge on any atom is -0.744 e. The third-order valence-electron chi connectivity index (χ3n) is 1.23. The molecule has 4 nitrogen and oxygen atoms in total. The monoisotopic (exact) mass is 257 g/mol. The van der Waals surface area contributed by atoms with Crippen molar-refractivity contribution in [3.05, 3.63) is 41.3 Å². The molecule has 0 saturated heterocycles. The van der Waals surface area contributed by atoms with Gasteiger partial charge in [0, 0.05) is 5.41 Å². The number of rotatable bonds is 2. The van der Waals surface area contributed by atoms with Crippen molar-refractivity contribution < 1.29 is 17.5 Å². The Balaban J connectivity index is 0.000000437. The first-order valence-electron chi connectivity index (χ1n) is 5.06. The fourth-order valence-electron chi connectivity index (χ4n) is 0.726. The van der Waals surface area contributed by atoms with Gasteiger partial charge in [-0.15, -0.1) is 0 Å². The fourth-order valence-corrected chi connectivity index (χ4v) is 1.05. The van der Waals surface area contributed by atoms with Crippen molar-refractivity contribution in [3.63, 3.8) is 0 Å². The van der Waals surface area contributed by atoms with E-state index < -0.39 is 10.1 Å². The third-order valence-corrected chi connectivity index (χ3v) is 1.70. The standard InChI is InChI=1S/C8H8O3S.C4H12N/c9-12(10,11)7-6-8-4-2-1-3-5-8;1-5(2,3)4/h1-7H,(H,9,10,11);1-4H3/q;+1/p-1. The molecule has 1 aromatic carbocycles. The quantitative estimate of drug-likeness (QED) is 0.596. The summed E-state index contributed by atoms with van der Waals surface area (Å²) in [7, 11) is 4.25. The van der Waals surface area contributed by atoms with Crippen molar-refractivity contribution in [2.75, 3.05) is 28.2 Å². The lowest BCUT2D eigenvalue weighted by Gasteiger charge is -2.14. The van der Waals surface area contributed by atoms with Gasteiger partial charge in [-0.1, -0.05) is 30.3 Å². The summed E-state index contributed by atoms with van der Waals surface area (Å²) >= 11 is 0. The Morgan fingerprint density at radius 3 is 1.82 bits per heavy atom. The number of nitrogens with zero attached hydrogens (tertiary/aromatic N) is 1. The summed E-state index contributed by atoms with van der Waals surface area (Å²) in [6.07, 6.45) is 1.27.